The molecule has 0 bridgehead atoms. The van der Waals surface area contributed by atoms with Gasteiger partial charge in [-0.25, -0.2) is 4.98 Å². The van der Waals surface area contributed by atoms with Crippen LogP contribution in [-0.4, -0.2) is 17.1 Å². The standard InChI is InChI=1S/C24H22N4O2/c1-29-21-13-7-5-9-18(21)17-26-24-25-16-15-23(28-24)27-20-12-6-8-14-22(20)30-19-10-3-2-4-11-19/h2-16H,17H2,1H3,(H2,25,26,27,28). The van der Waals surface area contributed by atoms with E-state index in [1.807, 2.05) is 84.9 Å². The Balaban J connectivity index is 1.47. The average Bonchev–Trinajstić information content (AvgIpc) is 2.80. The van der Waals surface area contributed by atoms with Gasteiger partial charge in [0.1, 0.15) is 17.3 Å². The zero-order chi connectivity index (χ0) is 20.6. The van der Waals surface area contributed by atoms with E-state index in [9.17, 15) is 0 Å². The first-order chi connectivity index (χ1) is 14.8. The van der Waals surface area contributed by atoms with Crippen molar-refractivity contribution in [2.45, 2.75) is 6.54 Å². The third kappa shape index (κ3) is 4.86. The Morgan fingerprint density at radius 1 is 0.800 bits per heavy atom. The van der Waals surface area contributed by atoms with Gasteiger partial charge in [-0.05, 0) is 36.4 Å². The van der Waals surface area contributed by atoms with Gasteiger partial charge in [-0.3, -0.25) is 0 Å². The second-order valence-corrected chi connectivity index (χ2v) is 6.47. The van der Waals surface area contributed by atoms with Gasteiger partial charge in [-0.15, -0.1) is 0 Å². The summed E-state index contributed by atoms with van der Waals surface area (Å²) in [6.45, 7) is 0.557. The van der Waals surface area contributed by atoms with Gasteiger partial charge in [-0.2, -0.15) is 4.98 Å². The van der Waals surface area contributed by atoms with Crippen LogP contribution >= 0.6 is 0 Å². The summed E-state index contributed by atoms with van der Waals surface area (Å²) in [6.07, 6.45) is 1.71. The van der Waals surface area contributed by atoms with Crippen molar-refractivity contribution in [3.63, 3.8) is 0 Å². The molecule has 0 saturated heterocycles. The predicted molar refractivity (Wildman–Crippen MR) is 119 cm³/mol. The summed E-state index contributed by atoms with van der Waals surface area (Å²) in [6, 6.07) is 27.1. The van der Waals surface area contributed by atoms with Gasteiger partial charge in [-0.1, -0.05) is 48.5 Å². The highest BCUT2D eigenvalue weighted by molar-refractivity contribution is 5.65. The summed E-state index contributed by atoms with van der Waals surface area (Å²) in [5, 5.41) is 6.56. The highest BCUT2D eigenvalue weighted by atomic mass is 16.5. The molecule has 0 fully saturated rings. The van der Waals surface area contributed by atoms with Crippen LogP contribution in [0.4, 0.5) is 17.5 Å². The maximum Gasteiger partial charge on any atom is 0.224 e. The van der Waals surface area contributed by atoms with Crippen LogP contribution in [0, 0.1) is 0 Å². The molecule has 0 aliphatic carbocycles. The molecule has 2 N–H and O–H groups in total. The lowest BCUT2D eigenvalue weighted by molar-refractivity contribution is 0.410. The van der Waals surface area contributed by atoms with E-state index in [0.717, 1.165) is 22.7 Å². The van der Waals surface area contributed by atoms with Gasteiger partial charge in [0.25, 0.3) is 0 Å². The molecule has 6 heteroatoms. The number of methoxy groups -OCH3 is 1. The zero-order valence-electron chi connectivity index (χ0n) is 16.6. The number of ether oxygens (including phenoxy) is 2. The summed E-state index contributed by atoms with van der Waals surface area (Å²) < 4.78 is 11.4. The van der Waals surface area contributed by atoms with Crippen LogP contribution in [0.2, 0.25) is 0 Å². The molecule has 30 heavy (non-hydrogen) atoms. The highest BCUT2D eigenvalue weighted by Gasteiger charge is 2.07. The SMILES string of the molecule is COc1ccccc1CNc1nccc(Nc2ccccc2Oc2ccccc2)n1. The van der Waals surface area contributed by atoms with E-state index in [1.54, 1.807) is 13.3 Å². The van der Waals surface area contributed by atoms with E-state index in [0.29, 0.717) is 24.1 Å². The Kier molecular flexibility index (Phi) is 6.05. The van der Waals surface area contributed by atoms with Gasteiger partial charge in [0.05, 0.1) is 12.8 Å². The minimum Gasteiger partial charge on any atom is -0.496 e. The minimum atomic E-state index is 0.521. The normalized spacial score (nSPS) is 10.3. The number of nitrogens with one attached hydrogen (secondary N) is 2. The first-order valence-corrected chi connectivity index (χ1v) is 9.59. The van der Waals surface area contributed by atoms with Gasteiger partial charge in [0.15, 0.2) is 5.75 Å². The fraction of sp³-hybridized carbons (Fsp3) is 0.0833. The Bertz CT molecular complexity index is 1100. The van der Waals surface area contributed by atoms with E-state index in [-0.39, 0.29) is 0 Å². The molecule has 4 aromatic rings. The maximum atomic E-state index is 6.01. The molecule has 0 amide bonds. The molecule has 0 saturated carbocycles. The lowest BCUT2D eigenvalue weighted by Gasteiger charge is -2.13. The van der Waals surface area contributed by atoms with Crippen LogP contribution in [0.3, 0.4) is 0 Å². The lowest BCUT2D eigenvalue weighted by Crippen LogP contribution is -2.06. The van der Waals surface area contributed by atoms with Gasteiger partial charge in [0, 0.05) is 18.3 Å². The van der Waals surface area contributed by atoms with Crippen molar-refractivity contribution < 1.29 is 9.47 Å². The van der Waals surface area contributed by atoms with Crippen molar-refractivity contribution in [3.05, 3.63) is 96.7 Å². The van der Waals surface area contributed by atoms with Gasteiger partial charge in [0.2, 0.25) is 5.95 Å². The Morgan fingerprint density at radius 2 is 1.53 bits per heavy atom. The summed E-state index contributed by atoms with van der Waals surface area (Å²) in [5.41, 5.74) is 1.85. The molecule has 0 aliphatic rings. The van der Waals surface area contributed by atoms with Crippen molar-refractivity contribution in [3.8, 4) is 17.2 Å². The Hall–Kier alpha value is -4.06. The van der Waals surface area contributed by atoms with Crippen LogP contribution in [-0.2, 0) is 6.54 Å². The molecular weight excluding hydrogens is 376 g/mol. The third-order valence-electron chi connectivity index (χ3n) is 4.41. The number of para-hydroxylation sites is 4. The molecule has 1 heterocycles. The second-order valence-electron chi connectivity index (χ2n) is 6.47. The lowest BCUT2D eigenvalue weighted by atomic mass is 10.2. The van der Waals surface area contributed by atoms with E-state index in [1.165, 1.54) is 0 Å². The molecule has 1 aromatic heterocycles. The van der Waals surface area contributed by atoms with Crippen LogP contribution in [0.1, 0.15) is 5.56 Å². The molecule has 3 aromatic carbocycles. The first kappa shape index (κ1) is 19.3. The molecule has 0 unspecified atom stereocenters. The van der Waals surface area contributed by atoms with Gasteiger partial charge >= 0.3 is 0 Å². The Morgan fingerprint density at radius 3 is 2.37 bits per heavy atom. The van der Waals surface area contributed by atoms with Gasteiger partial charge < -0.3 is 20.1 Å². The van der Waals surface area contributed by atoms with E-state index in [2.05, 4.69) is 20.6 Å². The number of rotatable bonds is 8. The third-order valence-corrected chi connectivity index (χ3v) is 4.41. The summed E-state index contributed by atoms with van der Waals surface area (Å²) in [7, 11) is 1.66. The van der Waals surface area contributed by atoms with E-state index < -0.39 is 0 Å². The van der Waals surface area contributed by atoms with Crippen molar-refractivity contribution in [1.29, 1.82) is 0 Å². The average molecular weight is 398 g/mol. The van der Waals surface area contributed by atoms with Crippen molar-refractivity contribution >= 4 is 17.5 Å². The monoisotopic (exact) mass is 398 g/mol. The predicted octanol–water partition coefficient (Wildman–Crippen LogP) is 5.63. The van der Waals surface area contributed by atoms with Crippen LogP contribution in [0.15, 0.2) is 91.1 Å². The van der Waals surface area contributed by atoms with Crippen molar-refractivity contribution in [2.75, 3.05) is 17.7 Å². The second kappa shape index (κ2) is 9.43. The molecule has 150 valence electrons. The topological polar surface area (TPSA) is 68.3 Å². The van der Waals surface area contributed by atoms with E-state index in [4.69, 9.17) is 9.47 Å². The van der Waals surface area contributed by atoms with Crippen LogP contribution in [0.25, 0.3) is 0 Å². The Labute approximate surface area is 175 Å². The molecule has 0 aliphatic heterocycles. The first-order valence-electron chi connectivity index (χ1n) is 9.59. The fourth-order valence-electron chi connectivity index (χ4n) is 2.95. The maximum absolute atomic E-state index is 6.01. The largest absolute Gasteiger partial charge is 0.496 e. The number of hydrogen-bond acceptors (Lipinski definition) is 6. The molecule has 0 radical (unpaired) electrons. The molecule has 0 spiro atoms. The van der Waals surface area contributed by atoms with Crippen molar-refractivity contribution in [2.24, 2.45) is 0 Å². The zero-order valence-corrected chi connectivity index (χ0v) is 16.6. The minimum absolute atomic E-state index is 0.521. The van der Waals surface area contributed by atoms with Crippen molar-refractivity contribution in [1.82, 2.24) is 9.97 Å². The number of nitrogens with zero attached hydrogens (tertiary/aromatic N) is 2. The number of aromatic nitrogens is 2. The van der Waals surface area contributed by atoms with Crippen LogP contribution in [0.5, 0.6) is 17.2 Å². The smallest absolute Gasteiger partial charge is 0.224 e. The summed E-state index contributed by atoms with van der Waals surface area (Å²) >= 11 is 0. The quantitative estimate of drug-likeness (QED) is 0.401. The highest BCUT2D eigenvalue weighted by Crippen LogP contribution is 2.31. The molecular formula is C24H22N4O2. The fourth-order valence-corrected chi connectivity index (χ4v) is 2.95. The molecule has 4 rings (SSSR count). The summed E-state index contributed by atoms with van der Waals surface area (Å²) in [4.78, 5) is 8.86. The summed E-state index contributed by atoms with van der Waals surface area (Å²) in [5.74, 6) is 3.50. The molecule has 0 atom stereocenters. The van der Waals surface area contributed by atoms with Crippen LogP contribution < -0.4 is 20.1 Å². The van der Waals surface area contributed by atoms with E-state index >= 15 is 0 Å². The number of anilines is 3. The molecule has 6 nitrogen and oxygen atoms in total. The number of hydrogen-bond donors (Lipinski definition) is 2. The number of benzene rings is 3.